The molecule has 1 atom stereocenters. The standard InChI is InChI=1S/C24H29N7O5S/c1-14(2)15(3)29-22-19(21(25)32)13-28-24(31-22)30-17-7-8-20(36-37(4,34)35)18(10-17)23(33)27-12-16-6-5-9-26-11-16/h5-11,13-15H,12H2,1-4H3,(H2,25,32)(H,27,33)(H2,28,29,30,31)/t15-/m1/s1. The topological polar surface area (TPSA) is 178 Å². The van der Waals surface area contributed by atoms with E-state index in [0.717, 1.165) is 11.8 Å². The van der Waals surface area contributed by atoms with E-state index in [1.165, 1.54) is 24.4 Å². The number of amides is 2. The molecule has 5 N–H and O–H groups in total. The average Bonchev–Trinajstić information content (AvgIpc) is 2.83. The average molecular weight is 528 g/mol. The van der Waals surface area contributed by atoms with Crippen molar-refractivity contribution in [2.45, 2.75) is 33.4 Å². The number of rotatable bonds is 11. The van der Waals surface area contributed by atoms with Crippen LogP contribution in [-0.2, 0) is 16.7 Å². The van der Waals surface area contributed by atoms with E-state index in [9.17, 15) is 18.0 Å². The fourth-order valence-corrected chi connectivity index (χ4v) is 3.52. The van der Waals surface area contributed by atoms with Crippen molar-refractivity contribution in [2.24, 2.45) is 11.7 Å². The van der Waals surface area contributed by atoms with E-state index in [4.69, 9.17) is 9.92 Å². The molecule has 0 aliphatic rings. The van der Waals surface area contributed by atoms with Gasteiger partial charge in [-0.15, -0.1) is 0 Å². The zero-order chi connectivity index (χ0) is 27.2. The number of carbonyl (C=O) groups is 2. The lowest BCUT2D eigenvalue weighted by Gasteiger charge is -2.20. The summed E-state index contributed by atoms with van der Waals surface area (Å²) in [5.41, 5.74) is 6.71. The number of aromatic nitrogens is 3. The van der Waals surface area contributed by atoms with E-state index in [-0.39, 0.29) is 47.1 Å². The number of pyridine rings is 1. The number of anilines is 3. The summed E-state index contributed by atoms with van der Waals surface area (Å²) in [7, 11) is -3.90. The predicted octanol–water partition coefficient (Wildman–Crippen LogP) is 2.44. The summed E-state index contributed by atoms with van der Waals surface area (Å²) >= 11 is 0. The van der Waals surface area contributed by atoms with Crippen molar-refractivity contribution >= 4 is 39.4 Å². The first-order valence-electron chi connectivity index (χ1n) is 11.3. The molecule has 0 aliphatic carbocycles. The van der Waals surface area contributed by atoms with Crippen LogP contribution in [0.5, 0.6) is 5.75 Å². The number of hydrogen-bond acceptors (Lipinski definition) is 10. The molecule has 0 fully saturated rings. The van der Waals surface area contributed by atoms with Crippen LogP contribution in [0.1, 0.15) is 47.1 Å². The molecule has 13 heteroatoms. The fraction of sp³-hybridized carbons (Fsp3) is 0.292. The van der Waals surface area contributed by atoms with Crippen LogP contribution >= 0.6 is 0 Å². The molecule has 0 radical (unpaired) electrons. The van der Waals surface area contributed by atoms with Gasteiger partial charge in [-0.1, -0.05) is 19.9 Å². The van der Waals surface area contributed by atoms with Crippen molar-refractivity contribution < 1.29 is 22.2 Å². The third-order valence-electron chi connectivity index (χ3n) is 5.32. The second-order valence-corrected chi connectivity index (χ2v) is 10.2. The Balaban J connectivity index is 1.90. The Morgan fingerprint density at radius 3 is 2.49 bits per heavy atom. The second kappa shape index (κ2) is 11.6. The molecule has 0 saturated carbocycles. The number of carbonyl (C=O) groups excluding carboxylic acids is 2. The highest BCUT2D eigenvalue weighted by Crippen LogP contribution is 2.26. The molecule has 0 spiro atoms. The number of nitrogens with one attached hydrogen (secondary N) is 3. The van der Waals surface area contributed by atoms with Crippen molar-refractivity contribution in [3.63, 3.8) is 0 Å². The van der Waals surface area contributed by atoms with E-state index >= 15 is 0 Å². The van der Waals surface area contributed by atoms with Gasteiger partial charge in [0.25, 0.3) is 11.8 Å². The lowest BCUT2D eigenvalue weighted by Crippen LogP contribution is -2.25. The zero-order valence-corrected chi connectivity index (χ0v) is 21.7. The first-order chi connectivity index (χ1) is 17.4. The Bertz CT molecular complexity index is 1380. The van der Waals surface area contributed by atoms with E-state index in [1.54, 1.807) is 24.5 Å². The Kier molecular flexibility index (Phi) is 8.60. The van der Waals surface area contributed by atoms with Crippen molar-refractivity contribution in [3.8, 4) is 5.75 Å². The van der Waals surface area contributed by atoms with Crippen LogP contribution in [0.2, 0.25) is 0 Å². The molecular weight excluding hydrogens is 498 g/mol. The van der Waals surface area contributed by atoms with Gasteiger partial charge in [0.2, 0.25) is 5.95 Å². The lowest BCUT2D eigenvalue weighted by atomic mass is 10.1. The first kappa shape index (κ1) is 27.3. The summed E-state index contributed by atoms with van der Waals surface area (Å²) in [4.78, 5) is 37.3. The minimum atomic E-state index is -3.90. The quantitative estimate of drug-likeness (QED) is 0.271. The van der Waals surface area contributed by atoms with Gasteiger partial charge < -0.3 is 25.9 Å². The highest BCUT2D eigenvalue weighted by Gasteiger charge is 2.19. The van der Waals surface area contributed by atoms with Crippen LogP contribution in [0.15, 0.2) is 48.9 Å². The molecule has 1 aromatic carbocycles. The predicted molar refractivity (Wildman–Crippen MR) is 139 cm³/mol. The van der Waals surface area contributed by atoms with Gasteiger partial charge in [0, 0.05) is 36.9 Å². The molecule has 3 aromatic rings. The molecule has 0 unspecified atom stereocenters. The van der Waals surface area contributed by atoms with Crippen LogP contribution < -0.4 is 25.9 Å². The summed E-state index contributed by atoms with van der Waals surface area (Å²) in [5.74, 6) is -0.749. The van der Waals surface area contributed by atoms with Crippen LogP contribution in [0.4, 0.5) is 17.5 Å². The number of benzene rings is 1. The maximum atomic E-state index is 13.0. The van der Waals surface area contributed by atoms with Crippen LogP contribution in [-0.4, -0.2) is 47.5 Å². The largest absolute Gasteiger partial charge is 0.382 e. The maximum Gasteiger partial charge on any atom is 0.306 e. The van der Waals surface area contributed by atoms with Crippen LogP contribution in [0, 0.1) is 5.92 Å². The molecule has 37 heavy (non-hydrogen) atoms. The second-order valence-electron chi connectivity index (χ2n) is 8.66. The van der Waals surface area contributed by atoms with Crippen molar-refractivity contribution in [1.29, 1.82) is 0 Å². The SMILES string of the molecule is CC(C)[C@@H](C)Nc1nc(Nc2ccc(OS(C)(=O)=O)c(C(=O)NCc3cccnc3)c2)ncc1C(N)=O. The van der Waals surface area contributed by atoms with E-state index in [2.05, 4.69) is 30.9 Å². The highest BCUT2D eigenvalue weighted by atomic mass is 32.2. The van der Waals surface area contributed by atoms with Gasteiger partial charge in [-0.2, -0.15) is 13.4 Å². The molecule has 196 valence electrons. The lowest BCUT2D eigenvalue weighted by molar-refractivity contribution is 0.0948. The van der Waals surface area contributed by atoms with Crippen molar-refractivity contribution in [3.05, 3.63) is 65.6 Å². The third kappa shape index (κ3) is 7.87. The number of hydrogen-bond donors (Lipinski definition) is 4. The molecule has 0 aliphatic heterocycles. The van der Waals surface area contributed by atoms with Gasteiger partial charge in [0.05, 0.1) is 17.4 Å². The zero-order valence-electron chi connectivity index (χ0n) is 20.8. The summed E-state index contributed by atoms with van der Waals surface area (Å²) in [6.45, 7) is 6.15. The fourth-order valence-electron chi connectivity index (χ4n) is 3.05. The third-order valence-corrected chi connectivity index (χ3v) is 5.80. The molecule has 3 rings (SSSR count). The molecule has 2 amide bonds. The highest BCUT2D eigenvalue weighted by molar-refractivity contribution is 7.86. The minimum Gasteiger partial charge on any atom is -0.382 e. The Hall–Kier alpha value is -4.26. The number of nitrogens with two attached hydrogens (primary N) is 1. The number of nitrogens with zero attached hydrogens (tertiary/aromatic N) is 3. The molecule has 2 aromatic heterocycles. The summed E-state index contributed by atoms with van der Waals surface area (Å²) in [6.07, 6.45) is 5.40. The minimum absolute atomic E-state index is 0.0108. The molecular formula is C24H29N7O5S. The maximum absolute atomic E-state index is 13.0. The summed E-state index contributed by atoms with van der Waals surface area (Å²) < 4.78 is 28.5. The molecule has 12 nitrogen and oxygen atoms in total. The summed E-state index contributed by atoms with van der Waals surface area (Å²) in [5, 5.41) is 8.85. The van der Waals surface area contributed by atoms with Gasteiger partial charge in [-0.25, -0.2) is 4.98 Å². The number of primary amides is 1. The van der Waals surface area contributed by atoms with Gasteiger partial charge in [-0.05, 0) is 42.7 Å². The van der Waals surface area contributed by atoms with Gasteiger partial charge in [0.15, 0.2) is 5.75 Å². The molecule has 2 heterocycles. The van der Waals surface area contributed by atoms with Gasteiger partial charge in [0.1, 0.15) is 5.82 Å². The normalized spacial score (nSPS) is 12.0. The van der Waals surface area contributed by atoms with Crippen LogP contribution in [0.3, 0.4) is 0 Å². The monoisotopic (exact) mass is 527 g/mol. The van der Waals surface area contributed by atoms with E-state index in [0.29, 0.717) is 5.69 Å². The Morgan fingerprint density at radius 2 is 1.86 bits per heavy atom. The first-order valence-corrected chi connectivity index (χ1v) is 13.2. The van der Waals surface area contributed by atoms with Crippen LogP contribution in [0.25, 0.3) is 0 Å². The molecule has 0 saturated heterocycles. The van der Waals surface area contributed by atoms with Crippen molar-refractivity contribution in [2.75, 3.05) is 16.9 Å². The van der Waals surface area contributed by atoms with E-state index in [1.807, 2.05) is 20.8 Å². The van der Waals surface area contributed by atoms with Crippen molar-refractivity contribution in [1.82, 2.24) is 20.3 Å². The molecule has 0 bridgehead atoms. The smallest absolute Gasteiger partial charge is 0.306 e. The van der Waals surface area contributed by atoms with Gasteiger partial charge >= 0.3 is 10.1 Å². The Labute approximate surface area is 215 Å². The van der Waals surface area contributed by atoms with E-state index < -0.39 is 21.9 Å². The Morgan fingerprint density at radius 1 is 1.11 bits per heavy atom. The summed E-state index contributed by atoms with van der Waals surface area (Å²) in [6, 6.07) is 7.78. The van der Waals surface area contributed by atoms with Gasteiger partial charge in [-0.3, -0.25) is 14.6 Å².